The van der Waals surface area contributed by atoms with Gasteiger partial charge in [0.2, 0.25) is 0 Å². The lowest BCUT2D eigenvalue weighted by Gasteiger charge is -2.17. The first-order valence-corrected chi connectivity index (χ1v) is 6.12. The molecule has 0 amide bonds. The highest BCUT2D eigenvalue weighted by molar-refractivity contribution is 5.15. The monoisotopic (exact) mass is 208 g/mol. The van der Waals surface area contributed by atoms with Gasteiger partial charge in [-0.1, -0.05) is 78.8 Å². The molecule has 0 aliphatic heterocycles. The largest absolute Gasteiger partial charge is 0.0683 e. The number of hydrogen-bond acceptors (Lipinski definition) is 0. The highest BCUT2D eigenvalue weighted by atomic mass is 14.1. The van der Waals surface area contributed by atoms with Crippen molar-refractivity contribution in [3.8, 4) is 0 Å². The van der Waals surface area contributed by atoms with Crippen molar-refractivity contribution in [2.45, 2.75) is 54.9 Å². The molecule has 0 aromatic heterocycles. The van der Waals surface area contributed by atoms with Gasteiger partial charge in [-0.25, -0.2) is 0 Å². The van der Waals surface area contributed by atoms with Crippen molar-refractivity contribution >= 4 is 0 Å². The van der Waals surface area contributed by atoms with Crippen molar-refractivity contribution in [1.82, 2.24) is 0 Å². The normalized spacial score (nSPS) is 9.27. The molecule has 88 valence electrons. The van der Waals surface area contributed by atoms with Crippen LogP contribution in [0.5, 0.6) is 0 Å². The van der Waals surface area contributed by atoms with Crippen LogP contribution in [0, 0.1) is 5.41 Å². The Morgan fingerprint density at radius 2 is 1.20 bits per heavy atom. The van der Waals surface area contributed by atoms with Crippen molar-refractivity contribution in [2.24, 2.45) is 5.41 Å². The average Bonchev–Trinajstić information content (AvgIpc) is 2.23. The lowest BCUT2D eigenvalue weighted by atomic mass is 9.88. The first-order chi connectivity index (χ1) is 7.08. The summed E-state index contributed by atoms with van der Waals surface area (Å²) in [5.41, 5.74) is 1.83. The van der Waals surface area contributed by atoms with Gasteiger partial charge in [-0.05, 0) is 17.4 Å². The van der Waals surface area contributed by atoms with E-state index >= 15 is 0 Å². The predicted octanol–water partition coefficient (Wildman–Crippen LogP) is 5.33. The van der Waals surface area contributed by atoms with E-state index in [9.17, 15) is 0 Å². The fraction of sp³-hybridized carbons (Fsp3) is 0.600. The summed E-state index contributed by atoms with van der Waals surface area (Å²) in [5.74, 6) is 0. The summed E-state index contributed by atoms with van der Waals surface area (Å²) in [6.45, 7) is 14.8. The Hall–Kier alpha value is -0.780. The molecule has 1 aromatic rings. The number of rotatable bonds is 1. The van der Waals surface area contributed by atoms with Gasteiger partial charge in [-0.3, -0.25) is 0 Å². The maximum atomic E-state index is 2.26. The van der Waals surface area contributed by atoms with E-state index in [-0.39, 0.29) is 0 Å². The highest BCUT2D eigenvalue weighted by Crippen LogP contribution is 2.19. The van der Waals surface area contributed by atoms with E-state index in [2.05, 4.69) is 51.1 Å². The van der Waals surface area contributed by atoms with Crippen LogP contribution in [-0.2, 0) is 6.42 Å². The van der Waals surface area contributed by atoms with E-state index in [1.54, 1.807) is 0 Å². The third kappa shape index (κ3) is 11.1. The zero-order valence-electron chi connectivity index (χ0n) is 11.6. The molecule has 0 bridgehead atoms. The van der Waals surface area contributed by atoms with E-state index in [0.717, 1.165) is 6.42 Å². The Labute approximate surface area is 96.7 Å². The highest BCUT2D eigenvalue weighted by Gasteiger charge is 2.09. The average molecular weight is 208 g/mol. The molecule has 0 heteroatoms. The molecule has 0 N–H and O–H groups in total. The summed E-state index contributed by atoms with van der Waals surface area (Å²) in [6, 6.07) is 10.6. The summed E-state index contributed by atoms with van der Waals surface area (Å²) in [6.07, 6.45) is 1.16. The SMILES string of the molecule is CC.CC.CC(C)(C)Cc1ccccc1. The molecule has 0 radical (unpaired) electrons. The van der Waals surface area contributed by atoms with Gasteiger partial charge in [-0.2, -0.15) is 0 Å². The van der Waals surface area contributed by atoms with Gasteiger partial charge in [0.1, 0.15) is 0 Å². The second-order valence-electron chi connectivity index (χ2n) is 4.22. The quantitative estimate of drug-likeness (QED) is 0.585. The molecule has 0 atom stereocenters. The Bertz CT molecular complexity index is 203. The van der Waals surface area contributed by atoms with Crippen LogP contribution in [0.15, 0.2) is 30.3 Å². The molecule has 1 rings (SSSR count). The van der Waals surface area contributed by atoms with E-state index in [4.69, 9.17) is 0 Å². The lowest BCUT2D eigenvalue weighted by Crippen LogP contribution is -2.08. The van der Waals surface area contributed by atoms with Crippen LogP contribution >= 0.6 is 0 Å². The third-order valence-electron chi connectivity index (χ3n) is 1.58. The predicted molar refractivity (Wildman–Crippen MR) is 72.3 cm³/mol. The van der Waals surface area contributed by atoms with Crippen molar-refractivity contribution in [2.75, 3.05) is 0 Å². The van der Waals surface area contributed by atoms with Crippen LogP contribution in [0.1, 0.15) is 54.0 Å². The van der Waals surface area contributed by atoms with Gasteiger partial charge in [0, 0.05) is 0 Å². The van der Waals surface area contributed by atoms with Gasteiger partial charge in [-0.15, -0.1) is 0 Å². The zero-order valence-corrected chi connectivity index (χ0v) is 11.6. The Kier molecular flexibility index (Phi) is 10.8. The van der Waals surface area contributed by atoms with Crippen molar-refractivity contribution in [3.63, 3.8) is 0 Å². The first kappa shape index (κ1) is 16.6. The molecule has 1 aromatic carbocycles. The van der Waals surface area contributed by atoms with E-state index in [1.807, 2.05) is 27.7 Å². The topological polar surface area (TPSA) is 0 Å². The standard InChI is InChI=1S/C11H16.2C2H6/c1-11(2,3)9-10-7-5-4-6-8-10;2*1-2/h4-8H,9H2,1-3H3;2*1-2H3. The summed E-state index contributed by atoms with van der Waals surface area (Å²) in [4.78, 5) is 0. The van der Waals surface area contributed by atoms with Crippen molar-refractivity contribution < 1.29 is 0 Å². The molecular weight excluding hydrogens is 180 g/mol. The van der Waals surface area contributed by atoms with Crippen LogP contribution in [0.4, 0.5) is 0 Å². The number of hydrogen-bond donors (Lipinski definition) is 0. The van der Waals surface area contributed by atoms with E-state index < -0.39 is 0 Å². The molecular formula is C15H28. The zero-order chi connectivity index (χ0) is 12.3. The summed E-state index contributed by atoms with van der Waals surface area (Å²) < 4.78 is 0. The Balaban J connectivity index is 0. The minimum atomic E-state index is 0.404. The number of benzene rings is 1. The Morgan fingerprint density at radius 3 is 1.53 bits per heavy atom. The van der Waals surface area contributed by atoms with Gasteiger partial charge < -0.3 is 0 Å². The summed E-state index contributed by atoms with van der Waals surface area (Å²) >= 11 is 0. The van der Waals surface area contributed by atoms with Gasteiger partial charge in [0.15, 0.2) is 0 Å². The Morgan fingerprint density at radius 1 is 0.800 bits per heavy atom. The van der Waals surface area contributed by atoms with Gasteiger partial charge >= 0.3 is 0 Å². The second-order valence-corrected chi connectivity index (χ2v) is 4.22. The molecule has 0 saturated carbocycles. The third-order valence-corrected chi connectivity index (χ3v) is 1.58. The fourth-order valence-corrected chi connectivity index (χ4v) is 1.21. The van der Waals surface area contributed by atoms with Crippen molar-refractivity contribution in [3.05, 3.63) is 35.9 Å². The second kappa shape index (κ2) is 9.76. The minimum Gasteiger partial charge on any atom is -0.0683 e. The molecule has 15 heavy (non-hydrogen) atoms. The van der Waals surface area contributed by atoms with E-state index in [0.29, 0.717) is 5.41 Å². The van der Waals surface area contributed by atoms with E-state index in [1.165, 1.54) is 5.56 Å². The van der Waals surface area contributed by atoms with Crippen LogP contribution in [0.25, 0.3) is 0 Å². The fourth-order valence-electron chi connectivity index (χ4n) is 1.21. The molecule has 0 saturated heterocycles. The van der Waals surface area contributed by atoms with Crippen molar-refractivity contribution in [1.29, 1.82) is 0 Å². The van der Waals surface area contributed by atoms with Crippen LogP contribution in [-0.4, -0.2) is 0 Å². The van der Waals surface area contributed by atoms with Gasteiger partial charge in [0.05, 0.1) is 0 Å². The molecule has 0 aliphatic rings. The molecule has 0 nitrogen and oxygen atoms in total. The maximum Gasteiger partial charge on any atom is -0.0230 e. The molecule has 0 unspecified atom stereocenters. The molecule has 0 fully saturated rings. The molecule has 0 spiro atoms. The maximum absolute atomic E-state index is 2.26. The molecule has 0 heterocycles. The van der Waals surface area contributed by atoms with Gasteiger partial charge in [0.25, 0.3) is 0 Å². The lowest BCUT2D eigenvalue weighted by molar-refractivity contribution is 0.411. The molecule has 0 aliphatic carbocycles. The summed E-state index contributed by atoms with van der Waals surface area (Å²) in [5, 5.41) is 0. The van der Waals surface area contributed by atoms with Crippen LogP contribution in [0.2, 0.25) is 0 Å². The first-order valence-electron chi connectivity index (χ1n) is 6.12. The summed E-state index contributed by atoms with van der Waals surface area (Å²) in [7, 11) is 0. The smallest absolute Gasteiger partial charge is 0.0230 e. The minimum absolute atomic E-state index is 0.404. The van der Waals surface area contributed by atoms with Crippen LogP contribution < -0.4 is 0 Å². The van der Waals surface area contributed by atoms with Crippen LogP contribution in [0.3, 0.4) is 0 Å².